The maximum atomic E-state index is 12.8. The summed E-state index contributed by atoms with van der Waals surface area (Å²) in [6.45, 7) is 9.56. The summed E-state index contributed by atoms with van der Waals surface area (Å²) in [5, 5.41) is 5.56. The molecule has 2 heterocycles. The minimum absolute atomic E-state index is 0.0162. The van der Waals surface area contributed by atoms with Gasteiger partial charge in [0.2, 0.25) is 17.7 Å². The summed E-state index contributed by atoms with van der Waals surface area (Å²) in [6.07, 6.45) is 0.299. The minimum Gasteiger partial charge on any atom is -0.378 e. The monoisotopic (exact) mass is 416 g/mol. The highest BCUT2D eigenvalue weighted by Crippen LogP contribution is 2.22. The Kier molecular flexibility index (Phi) is 6.97. The molecule has 0 radical (unpaired) electrons. The highest BCUT2D eigenvalue weighted by Gasteiger charge is 2.36. The van der Waals surface area contributed by atoms with Gasteiger partial charge in [0.05, 0.1) is 26.3 Å². The molecule has 2 fully saturated rings. The molecule has 1 atom stereocenters. The number of hydrogen-bond acceptors (Lipinski definition) is 5. The Balaban J connectivity index is 1.58. The molecule has 0 aliphatic carbocycles. The first-order valence-electron chi connectivity index (χ1n) is 10.5. The van der Waals surface area contributed by atoms with Crippen molar-refractivity contribution in [1.29, 1.82) is 0 Å². The first-order chi connectivity index (χ1) is 14.2. The van der Waals surface area contributed by atoms with Gasteiger partial charge in [-0.1, -0.05) is 32.9 Å². The van der Waals surface area contributed by atoms with Gasteiger partial charge in [-0.05, 0) is 23.1 Å². The van der Waals surface area contributed by atoms with Crippen LogP contribution in [0.2, 0.25) is 0 Å². The van der Waals surface area contributed by atoms with Gasteiger partial charge in [-0.15, -0.1) is 0 Å². The zero-order valence-corrected chi connectivity index (χ0v) is 18.1. The van der Waals surface area contributed by atoms with E-state index in [9.17, 15) is 14.4 Å². The zero-order valence-electron chi connectivity index (χ0n) is 18.1. The molecule has 1 unspecified atom stereocenters. The average molecular weight is 417 g/mol. The van der Waals surface area contributed by atoms with E-state index in [0.717, 1.165) is 37.6 Å². The third-order valence-corrected chi connectivity index (χ3v) is 5.29. The normalized spacial score (nSPS) is 20.0. The number of morpholine rings is 1. The molecule has 2 saturated heterocycles. The lowest BCUT2D eigenvalue weighted by molar-refractivity contribution is -0.148. The Morgan fingerprint density at radius 3 is 2.47 bits per heavy atom. The van der Waals surface area contributed by atoms with Crippen LogP contribution >= 0.6 is 0 Å². The number of nitrogens with zero attached hydrogens (tertiary/aromatic N) is 2. The molecule has 8 nitrogen and oxygen atoms in total. The van der Waals surface area contributed by atoms with Crippen molar-refractivity contribution in [3.63, 3.8) is 0 Å². The Bertz CT molecular complexity index is 766. The van der Waals surface area contributed by atoms with Gasteiger partial charge in [0.25, 0.3) is 0 Å². The van der Waals surface area contributed by atoms with Gasteiger partial charge in [-0.2, -0.15) is 0 Å². The van der Waals surface area contributed by atoms with Crippen molar-refractivity contribution in [1.82, 2.24) is 15.5 Å². The first kappa shape index (κ1) is 22.1. The number of ether oxygens (including phenoxy) is 1. The van der Waals surface area contributed by atoms with Crippen molar-refractivity contribution in [3.8, 4) is 0 Å². The number of nitrogens with one attached hydrogen (secondary N) is 2. The third kappa shape index (κ3) is 5.95. The second-order valence-corrected chi connectivity index (χ2v) is 9.06. The molecular formula is C22H32N4O4. The summed E-state index contributed by atoms with van der Waals surface area (Å²) in [5.41, 5.74) is 1.91. The van der Waals surface area contributed by atoms with E-state index < -0.39 is 6.04 Å². The van der Waals surface area contributed by atoms with Crippen LogP contribution in [0.25, 0.3) is 0 Å². The molecule has 2 aliphatic heterocycles. The van der Waals surface area contributed by atoms with Gasteiger partial charge in [0.15, 0.2) is 0 Å². The fourth-order valence-electron chi connectivity index (χ4n) is 3.65. The van der Waals surface area contributed by atoms with E-state index in [-0.39, 0.29) is 36.2 Å². The highest BCUT2D eigenvalue weighted by atomic mass is 16.5. The van der Waals surface area contributed by atoms with Crippen molar-refractivity contribution in [2.45, 2.75) is 46.2 Å². The van der Waals surface area contributed by atoms with Crippen LogP contribution in [0.1, 0.15) is 39.2 Å². The van der Waals surface area contributed by atoms with E-state index in [2.05, 4.69) is 15.5 Å². The molecule has 3 rings (SSSR count). The zero-order chi connectivity index (χ0) is 21.7. The number of benzene rings is 1. The summed E-state index contributed by atoms with van der Waals surface area (Å²) in [7, 11) is 0. The number of carbonyl (C=O) groups excluding carboxylic acids is 3. The number of rotatable bonds is 5. The fraction of sp³-hybridized carbons (Fsp3) is 0.591. The quantitative estimate of drug-likeness (QED) is 0.754. The highest BCUT2D eigenvalue weighted by molar-refractivity contribution is 5.93. The van der Waals surface area contributed by atoms with Crippen molar-refractivity contribution >= 4 is 23.4 Å². The number of anilines is 1. The molecule has 2 N–H and O–H groups in total. The lowest BCUT2D eigenvalue weighted by Crippen LogP contribution is -2.59. The summed E-state index contributed by atoms with van der Waals surface area (Å²) in [5.74, 6) is -0.647. The maximum Gasteiger partial charge on any atom is 0.243 e. The molecule has 1 aromatic rings. The number of carbonyl (C=O) groups is 3. The van der Waals surface area contributed by atoms with E-state index in [1.54, 1.807) is 0 Å². The molecule has 8 heteroatoms. The van der Waals surface area contributed by atoms with Crippen molar-refractivity contribution in [3.05, 3.63) is 29.8 Å². The topological polar surface area (TPSA) is 91.0 Å². The lowest BCUT2D eigenvalue weighted by atomic mass is 9.91. The van der Waals surface area contributed by atoms with Gasteiger partial charge in [-0.25, -0.2) is 0 Å². The predicted molar refractivity (Wildman–Crippen MR) is 114 cm³/mol. The van der Waals surface area contributed by atoms with Gasteiger partial charge in [0, 0.05) is 31.7 Å². The van der Waals surface area contributed by atoms with Crippen LogP contribution in [0, 0.1) is 5.41 Å². The van der Waals surface area contributed by atoms with E-state index in [1.165, 1.54) is 4.90 Å². The van der Waals surface area contributed by atoms with Crippen LogP contribution < -0.4 is 15.5 Å². The van der Waals surface area contributed by atoms with Crippen LogP contribution in [0.3, 0.4) is 0 Å². The molecular weight excluding hydrogens is 384 g/mol. The molecule has 0 saturated carbocycles. The fourth-order valence-corrected chi connectivity index (χ4v) is 3.65. The Hall–Kier alpha value is -2.61. The summed E-state index contributed by atoms with van der Waals surface area (Å²) in [4.78, 5) is 41.1. The van der Waals surface area contributed by atoms with Gasteiger partial charge in [0.1, 0.15) is 6.04 Å². The average Bonchev–Trinajstić information content (AvgIpc) is 2.71. The minimum atomic E-state index is -0.777. The molecule has 0 aromatic heterocycles. The summed E-state index contributed by atoms with van der Waals surface area (Å²) >= 11 is 0. The van der Waals surface area contributed by atoms with Crippen molar-refractivity contribution in [2.24, 2.45) is 5.41 Å². The Morgan fingerprint density at radius 2 is 1.83 bits per heavy atom. The Morgan fingerprint density at radius 1 is 1.17 bits per heavy atom. The van der Waals surface area contributed by atoms with E-state index in [0.29, 0.717) is 13.0 Å². The number of hydrogen-bond donors (Lipinski definition) is 2. The smallest absolute Gasteiger partial charge is 0.243 e. The van der Waals surface area contributed by atoms with Crippen LogP contribution in [0.5, 0.6) is 0 Å². The van der Waals surface area contributed by atoms with Crippen molar-refractivity contribution < 1.29 is 19.1 Å². The molecule has 164 valence electrons. The molecule has 0 spiro atoms. The molecule has 30 heavy (non-hydrogen) atoms. The van der Waals surface area contributed by atoms with E-state index >= 15 is 0 Å². The van der Waals surface area contributed by atoms with Crippen LogP contribution in [-0.4, -0.2) is 61.6 Å². The molecule has 1 aromatic carbocycles. The Labute approximate surface area is 177 Å². The molecule has 2 aliphatic rings. The summed E-state index contributed by atoms with van der Waals surface area (Å²) in [6, 6.07) is 7.28. The molecule has 0 bridgehead atoms. The van der Waals surface area contributed by atoms with Crippen LogP contribution in [-0.2, 0) is 25.7 Å². The second-order valence-electron chi connectivity index (χ2n) is 9.06. The lowest BCUT2D eigenvalue weighted by Gasteiger charge is -2.36. The maximum absolute atomic E-state index is 12.8. The number of amides is 3. The summed E-state index contributed by atoms with van der Waals surface area (Å²) < 4.78 is 5.38. The van der Waals surface area contributed by atoms with E-state index in [4.69, 9.17) is 4.74 Å². The van der Waals surface area contributed by atoms with Gasteiger partial charge >= 0.3 is 0 Å². The molecule has 3 amide bonds. The van der Waals surface area contributed by atoms with Crippen LogP contribution in [0.4, 0.5) is 5.69 Å². The predicted octanol–water partition coefficient (Wildman–Crippen LogP) is 1.25. The van der Waals surface area contributed by atoms with E-state index in [1.807, 2.05) is 45.0 Å². The SMILES string of the molecule is CC(C)(C)CC(=O)N1CNC(=O)CC1C(=O)NCc1ccc(N2CCOCC2)cc1. The third-order valence-electron chi connectivity index (χ3n) is 5.29. The van der Waals surface area contributed by atoms with Gasteiger partial charge < -0.3 is 25.2 Å². The van der Waals surface area contributed by atoms with Crippen LogP contribution in [0.15, 0.2) is 24.3 Å². The largest absolute Gasteiger partial charge is 0.378 e. The second kappa shape index (κ2) is 9.47. The standard InChI is InChI=1S/C22H32N4O4/c1-22(2,3)13-20(28)26-15-24-19(27)12-18(26)21(29)23-14-16-4-6-17(7-5-16)25-8-10-30-11-9-25/h4-7,18H,8-15H2,1-3H3,(H,23,29)(H,24,27). The van der Waals surface area contributed by atoms with Crippen molar-refractivity contribution in [2.75, 3.05) is 37.9 Å². The first-order valence-corrected chi connectivity index (χ1v) is 10.5. The van der Waals surface area contributed by atoms with Gasteiger partial charge in [-0.3, -0.25) is 14.4 Å².